The van der Waals surface area contributed by atoms with Crippen LogP contribution in [0.15, 0.2) is 24.3 Å². The van der Waals surface area contributed by atoms with Gasteiger partial charge in [0.05, 0.1) is 10.2 Å². The molecule has 1 aromatic heterocycles. The quantitative estimate of drug-likeness (QED) is 0.872. The van der Waals surface area contributed by atoms with Gasteiger partial charge in [0, 0.05) is 6.54 Å². The monoisotopic (exact) mass is 247 g/mol. The van der Waals surface area contributed by atoms with Gasteiger partial charge in [0.15, 0.2) is 5.13 Å². The van der Waals surface area contributed by atoms with Gasteiger partial charge in [0.2, 0.25) is 0 Å². The number of hydrogen-bond donors (Lipinski definition) is 2. The van der Waals surface area contributed by atoms with Crippen LogP contribution in [0.2, 0.25) is 0 Å². The van der Waals surface area contributed by atoms with Crippen molar-refractivity contribution in [3.63, 3.8) is 0 Å². The van der Waals surface area contributed by atoms with Crippen LogP contribution in [0.5, 0.6) is 0 Å². The number of para-hydroxylation sites is 1. The minimum absolute atomic E-state index is 0.844. The fraction of sp³-hybridized carbons (Fsp3) is 0.462. The molecular formula is C13H17N3S. The Balaban J connectivity index is 1.57. The van der Waals surface area contributed by atoms with Gasteiger partial charge in [0.1, 0.15) is 0 Å². The lowest BCUT2D eigenvalue weighted by atomic mass is 10.1. The standard InChI is InChI=1S/C13H17N3S/c1-2-4-12-11(3-1)16-13(17-12)15-8-6-10-5-7-14-9-10/h1-4,10,14H,5-9H2,(H,15,16). The van der Waals surface area contributed by atoms with E-state index in [2.05, 4.69) is 33.8 Å². The van der Waals surface area contributed by atoms with E-state index in [1.807, 2.05) is 6.07 Å². The van der Waals surface area contributed by atoms with Crippen LogP contribution in [0.3, 0.4) is 0 Å². The van der Waals surface area contributed by atoms with E-state index in [4.69, 9.17) is 0 Å². The second-order valence-electron chi connectivity index (χ2n) is 4.56. The summed E-state index contributed by atoms with van der Waals surface area (Å²) in [5, 5.41) is 7.90. The van der Waals surface area contributed by atoms with E-state index in [1.54, 1.807) is 11.3 Å². The highest BCUT2D eigenvalue weighted by Gasteiger charge is 2.13. The van der Waals surface area contributed by atoms with Crippen LogP contribution in [-0.4, -0.2) is 24.6 Å². The van der Waals surface area contributed by atoms with Gasteiger partial charge >= 0.3 is 0 Å². The Morgan fingerprint density at radius 2 is 2.35 bits per heavy atom. The maximum absolute atomic E-state index is 4.57. The van der Waals surface area contributed by atoms with Crippen LogP contribution >= 0.6 is 11.3 Å². The Kier molecular flexibility index (Phi) is 3.25. The molecule has 1 aliphatic heterocycles. The zero-order valence-corrected chi connectivity index (χ0v) is 10.6. The number of nitrogens with zero attached hydrogens (tertiary/aromatic N) is 1. The summed E-state index contributed by atoms with van der Waals surface area (Å²) >= 11 is 1.74. The molecule has 0 radical (unpaired) electrons. The highest BCUT2D eigenvalue weighted by molar-refractivity contribution is 7.22. The number of aromatic nitrogens is 1. The lowest BCUT2D eigenvalue weighted by Gasteiger charge is -2.07. The summed E-state index contributed by atoms with van der Waals surface area (Å²) in [5.74, 6) is 0.844. The summed E-state index contributed by atoms with van der Waals surface area (Å²) in [6, 6.07) is 8.29. The molecule has 2 heterocycles. The van der Waals surface area contributed by atoms with Gasteiger partial charge < -0.3 is 10.6 Å². The SMILES string of the molecule is c1ccc2sc(NCCC3CCNC3)nc2c1. The van der Waals surface area contributed by atoms with Gasteiger partial charge in [-0.3, -0.25) is 0 Å². The second-order valence-corrected chi connectivity index (χ2v) is 5.59. The fourth-order valence-corrected chi connectivity index (χ4v) is 3.18. The maximum Gasteiger partial charge on any atom is 0.183 e. The van der Waals surface area contributed by atoms with Crippen LogP contribution in [0.25, 0.3) is 10.2 Å². The summed E-state index contributed by atoms with van der Waals surface area (Å²) in [5.41, 5.74) is 1.10. The smallest absolute Gasteiger partial charge is 0.183 e. The van der Waals surface area contributed by atoms with Gasteiger partial charge in [-0.25, -0.2) is 4.98 Å². The van der Waals surface area contributed by atoms with Gasteiger partial charge in [-0.05, 0) is 44.0 Å². The number of fused-ring (bicyclic) bond motifs is 1. The molecule has 2 aromatic rings. The molecule has 0 bridgehead atoms. The predicted octanol–water partition coefficient (Wildman–Crippen LogP) is 2.71. The van der Waals surface area contributed by atoms with Crippen LogP contribution in [-0.2, 0) is 0 Å². The van der Waals surface area contributed by atoms with Gasteiger partial charge in [-0.1, -0.05) is 23.5 Å². The molecule has 17 heavy (non-hydrogen) atoms. The Labute approximate surface area is 105 Å². The number of hydrogen-bond acceptors (Lipinski definition) is 4. The third-order valence-corrected chi connectivity index (χ3v) is 4.28. The van der Waals surface area contributed by atoms with E-state index in [1.165, 1.54) is 30.6 Å². The van der Waals surface area contributed by atoms with Crippen molar-refractivity contribution < 1.29 is 0 Å². The van der Waals surface area contributed by atoms with Crippen molar-refractivity contribution in [2.24, 2.45) is 5.92 Å². The summed E-state index contributed by atoms with van der Waals surface area (Å²) < 4.78 is 1.26. The average molecular weight is 247 g/mol. The first-order chi connectivity index (χ1) is 8.42. The topological polar surface area (TPSA) is 37.0 Å². The van der Waals surface area contributed by atoms with Crippen molar-refractivity contribution in [1.82, 2.24) is 10.3 Å². The maximum atomic E-state index is 4.57. The molecule has 2 N–H and O–H groups in total. The van der Waals surface area contributed by atoms with Crippen molar-refractivity contribution in [2.45, 2.75) is 12.8 Å². The molecule has 1 atom stereocenters. The molecule has 1 unspecified atom stereocenters. The summed E-state index contributed by atoms with van der Waals surface area (Å²) in [4.78, 5) is 4.57. The summed E-state index contributed by atoms with van der Waals surface area (Å²) in [7, 11) is 0. The summed E-state index contributed by atoms with van der Waals surface area (Å²) in [6.07, 6.45) is 2.56. The normalized spacial score (nSPS) is 19.9. The largest absolute Gasteiger partial charge is 0.361 e. The lowest BCUT2D eigenvalue weighted by Crippen LogP contribution is -2.12. The Morgan fingerprint density at radius 1 is 1.41 bits per heavy atom. The van der Waals surface area contributed by atoms with Crippen LogP contribution in [0.4, 0.5) is 5.13 Å². The lowest BCUT2D eigenvalue weighted by molar-refractivity contribution is 0.549. The molecule has 3 rings (SSSR count). The predicted molar refractivity (Wildman–Crippen MR) is 73.7 cm³/mol. The zero-order chi connectivity index (χ0) is 11.5. The number of anilines is 1. The Morgan fingerprint density at radius 3 is 3.18 bits per heavy atom. The molecule has 90 valence electrons. The number of nitrogens with one attached hydrogen (secondary N) is 2. The summed E-state index contributed by atoms with van der Waals surface area (Å²) in [6.45, 7) is 3.40. The van der Waals surface area contributed by atoms with E-state index >= 15 is 0 Å². The van der Waals surface area contributed by atoms with E-state index in [0.29, 0.717) is 0 Å². The Bertz CT molecular complexity index is 455. The first-order valence-corrected chi connectivity index (χ1v) is 7.03. The minimum Gasteiger partial charge on any atom is -0.361 e. The van der Waals surface area contributed by atoms with Crippen molar-refractivity contribution in [3.8, 4) is 0 Å². The molecule has 1 fully saturated rings. The van der Waals surface area contributed by atoms with Gasteiger partial charge in [-0.15, -0.1) is 0 Å². The van der Waals surface area contributed by atoms with Gasteiger partial charge in [0.25, 0.3) is 0 Å². The van der Waals surface area contributed by atoms with Crippen molar-refractivity contribution >= 4 is 26.7 Å². The fourth-order valence-electron chi connectivity index (χ4n) is 2.29. The number of benzene rings is 1. The molecule has 1 saturated heterocycles. The first-order valence-electron chi connectivity index (χ1n) is 6.22. The minimum atomic E-state index is 0.844. The second kappa shape index (κ2) is 5.02. The van der Waals surface area contributed by atoms with E-state index in [9.17, 15) is 0 Å². The number of rotatable bonds is 4. The Hall–Kier alpha value is -1.13. The molecule has 4 heteroatoms. The van der Waals surface area contributed by atoms with Gasteiger partial charge in [-0.2, -0.15) is 0 Å². The van der Waals surface area contributed by atoms with Crippen molar-refractivity contribution in [3.05, 3.63) is 24.3 Å². The van der Waals surface area contributed by atoms with Crippen molar-refractivity contribution in [2.75, 3.05) is 25.0 Å². The van der Waals surface area contributed by atoms with E-state index < -0.39 is 0 Å². The van der Waals surface area contributed by atoms with Crippen LogP contribution in [0.1, 0.15) is 12.8 Å². The first kappa shape index (κ1) is 11.0. The molecule has 1 aromatic carbocycles. The third kappa shape index (κ3) is 2.58. The molecule has 0 aliphatic carbocycles. The van der Waals surface area contributed by atoms with E-state index in [0.717, 1.165) is 23.1 Å². The molecule has 3 nitrogen and oxygen atoms in total. The van der Waals surface area contributed by atoms with Crippen LogP contribution < -0.4 is 10.6 Å². The van der Waals surface area contributed by atoms with Crippen molar-refractivity contribution in [1.29, 1.82) is 0 Å². The number of thiazole rings is 1. The highest BCUT2D eigenvalue weighted by Crippen LogP contribution is 2.25. The average Bonchev–Trinajstić information content (AvgIpc) is 2.96. The highest BCUT2D eigenvalue weighted by atomic mass is 32.1. The van der Waals surface area contributed by atoms with E-state index in [-0.39, 0.29) is 0 Å². The molecule has 1 aliphatic rings. The molecule has 0 amide bonds. The molecule has 0 saturated carbocycles. The zero-order valence-electron chi connectivity index (χ0n) is 9.78. The van der Waals surface area contributed by atoms with Crippen LogP contribution in [0, 0.1) is 5.92 Å². The molecule has 0 spiro atoms. The molecular weight excluding hydrogens is 230 g/mol. The third-order valence-electron chi connectivity index (χ3n) is 3.29.